The van der Waals surface area contributed by atoms with E-state index in [1.807, 2.05) is 6.07 Å². The number of aromatic nitrogens is 1. The molecule has 0 aromatic carbocycles. The Morgan fingerprint density at radius 2 is 2.50 bits per heavy atom. The first kappa shape index (κ1) is 10.9. The normalized spacial score (nSPS) is 20.5. The van der Waals surface area contributed by atoms with Gasteiger partial charge < -0.3 is 10.6 Å². The van der Waals surface area contributed by atoms with Crippen LogP contribution < -0.4 is 10.6 Å². The van der Waals surface area contributed by atoms with Gasteiger partial charge in [-0.2, -0.15) is 5.26 Å². The third-order valence-electron chi connectivity index (χ3n) is 3.06. The number of nitrogens with two attached hydrogens (primary N) is 1. The Kier molecular flexibility index (Phi) is 3.37. The van der Waals surface area contributed by atoms with Crippen molar-refractivity contribution < 1.29 is 0 Å². The Bertz CT molecular complexity index is 396. The molecule has 0 spiro atoms. The number of rotatable bonds is 2. The monoisotopic (exact) mass is 216 g/mol. The van der Waals surface area contributed by atoms with Crippen molar-refractivity contribution in [3.63, 3.8) is 0 Å². The molecule has 2 heterocycles. The minimum atomic E-state index is 0.530. The Labute approximate surface area is 95.7 Å². The van der Waals surface area contributed by atoms with Crippen LogP contribution in [0.2, 0.25) is 0 Å². The van der Waals surface area contributed by atoms with Crippen LogP contribution in [0.3, 0.4) is 0 Å². The fourth-order valence-electron chi connectivity index (χ4n) is 2.19. The smallest absolute Gasteiger partial charge is 0.146 e. The van der Waals surface area contributed by atoms with Gasteiger partial charge in [-0.3, -0.25) is 0 Å². The molecule has 84 valence electrons. The first-order valence-corrected chi connectivity index (χ1v) is 5.65. The molecule has 4 heteroatoms. The predicted octanol–water partition coefficient (Wildman–Crippen LogP) is 1.13. The average molecular weight is 216 g/mol. The molecule has 2 rings (SSSR count). The Morgan fingerprint density at radius 3 is 3.25 bits per heavy atom. The zero-order chi connectivity index (χ0) is 11.4. The standard InChI is InChI=1S/C12H16N4/c13-7-10-3-2-6-16(9-10)12-11(8-14)4-1-5-15-12/h1,4-5,10H,2-3,6-7,9,13H2. The summed E-state index contributed by atoms with van der Waals surface area (Å²) in [5.74, 6) is 1.34. The molecule has 16 heavy (non-hydrogen) atoms. The van der Waals surface area contributed by atoms with Crippen molar-refractivity contribution in [2.75, 3.05) is 24.5 Å². The minimum absolute atomic E-state index is 0.530. The number of nitrogens with zero attached hydrogens (tertiary/aromatic N) is 3. The zero-order valence-electron chi connectivity index (χ0n) is 9.26. The van der Waals surface area contributed by atoms with Gasteiger partial charge in [-0.15, -0.1) is 0 Å². The number of nitriles is 1. The third kappa shape index (κ3) is 2.15. The highest BCUT2D eigenvalue weighted by Crippen LogP contribution is 2.23. The second kappa shape index (κ2) is 4.95. The summed E-state index contributed by atoms with van der Waals surface area (Å²) in [6, 6.07) is 5.80. The van der Waals surface area contributed by atoms with E-state index in [1.54, 1.807) is 12.3 Å². The van der Waals surface area contributed by atoms with Crippen molar-refractivity contribution in [1.82, 2.24) is 4.98 Å². The molecule has 0 saturated carbocycles. The molecule has 1 unspecified atom stereocenters. The minimum Gasteiger partial charge on any atom is -0.355 e. The van der Waals surface area contributed by atoms with Gasteiger partial charge >= 0.3 is 0 Å². The maximum atomic E-state index is 9.03. The zero-order valence-corrected chi connectivity index (χ0v) is 9.26. The third-order valence-corrected chi connectivity index (χ3v) is 3.06. The van der Waals surface area contributed by atoms with E-state index in [0.29, 0.717) is 18.0 Å². The second-order valence-corrected chi connectivity index (χ2v) is 4.18. The molecular formula is C12H16N4. The maximum absolute atomic E-state index is 9.03. The summed E-state index contributed by atoms with van der Waals surface area (Å²) >= 11 is 0. The van der Waals surface area contributed by atoms with Crippen LogP contribution in [0.5, 0.6) is 0 Å². The first-order valence-electron chi connectivity index (χ1n) is 5.65. The lowest BCUT2D eigenvalue weighted by Crippen LogP contribution is -2.39. The highest BCUT2D eigenvalue weighted by molar-refractivity contribution is 5.53. The predicted molar refractivity (Wildman–Crippen MR) is 62.9 cm³/mol. The number of pyridine rings is 1. The highest BCUT2D eigenvalue weighted by Gasteiger charge is 2.21. The average Bonchev–Trinajstić information content (AvgIpc) is 2.38. The van der Waals surface area contributed by atoms with Crippen LogP contribution >= 0.6 is 0 Å². The summed E-state index contributed by atoms with van der Waals surface area (Å²) in [7, 11) is 0. The van der Waals surface area contributed by atoms with Crippen LogP contribution in [-0.2, 0) is 0 Å². The molecule has 4 nitrogen and oxygen atoms in total. The van der Waals surface area contributed by atoms with Gasteiger partial charge in [0.05, 0.1) is 5.56 Å². The Morgan fingerprint density at radius 1 is 1.62 bits per heavy atom. The molecule has 1 aromatic rings. The molecule has 1 saturated heterocycles. The van der Waals surface area contributed by atoms with E-state index in [-0.39, 0.29) is 0 Å². The van der Waals surface area contributed by atoms with Gasteiger partial charge in [0, 0.05) is 19.3 Å². The molecular weight excluding hydrogens is 200 g/mol. The van der Waals surface area contributed by atoms with Gasteiger partial charge in [0.2, 0.25) is 0 Å². The summed E-state index contributed by atoms with van der Waals surface area (Å²) in [6.07, 6.45) is 4.05. The maximum Gasteiger partial charge on any atom is 0.146 e. The summed E-state index contributed by atoms with van der Waals surface area (Å²) in [5, 5.41) is 9.03. The molecule has 1 atom stereocenters. The number of anilines is 1. The summed E-state index contributed by atoms with van der Waals surface area (Å²) in [5.41, 5.74) is 6.35. The molecule has 0 bridgehead atoms. The SMILES string of the molecule is N#Cc1cccnc1N1CCCC(CN)C1. The molecule has 0 radical (unpaired) electrons. The van der Waals surface area contributed by atoms with Crippen LogP contribution in [0.25, 0.3) is 0 Å². The van der Waals surface area contributed by atoms with Crippen molar-refractivity contribution >= 4 is 5.82 Å². The molecule has 1 fully saturated rings. The fourth-order valence-corrected chi connectivity index (χ4v) is 2.19. The summed E-state index contributed by atoms with van der Waals surface area (Å²) in [4.78, 5) is 6.48. The van der Waals surface area contributed by atoms with Crippen molar-refractivity contribution in [2.45, 2.75) is 12.8 Å². The van der Waals surface area contributed by atoms with Crippen LogP contribution in [-0.4, -0.2) is 24.6 Å². The second-order valence-electron chi connectivity index (χ2n) is 4.18. The topological polar surface area (TPSA) is 65.9 Å². The summed E-state index contributed by atoms with van der Waals surface area (Å²) < 4.78 is 0. The van der Waals surface area contributed by atoms with Crippen LogP contribution in [0.1, 0.15) is 18.4 Å². The lowest BCUT2D eigenvalue weighted by Gasteiger charge is -2.33. The number of hydrogen-bond donors (Lipinski definition) is 1. The number of hydrogen-bond acceptors (Lipinski definition) is 4. The molecule has 0 aliphatic carbocycles. The van der Waals surface area contributed by atoms with E-state index in [4.69, 9.17) is 11.0 Å². The highest BCUT2D eigenvalue weighted by atomic mass is 15.2. The fraction of sp³-hybridized carbons (Fsp3) is 0.500. The van der Waals surface area contributed by atoms with Gasteiger partial charge in [-0.05, 0) is 37.4 Å². The molecule has 1 aliphatic heterocycles. The van der Waals surface area contributed by atoms with E-state index < -0.39 is 0 Å². The van der Waals surface area contributed by atoms with Crippen LogP contribution in [0.4, 0.5) is 5.82 Å². The van der Waals surface area contributed by atoms with Gasteiger partial charge in [-0.25, -0.2) is 4.98 Å². The van der Waals surface area contributed by atoms with E-state index in [1.165, 1.54) is 6.42 Å². The van der Waals surface area contributed by atoms with E-state index in [9.17, 15) is 0 Å². The van der Waals surface area contributed by atoms with E-state index >= 15 is 0 Å². The van der Waals surface area contributed by atoms with Gasteiger partial charge in [0.25, 0.3) is 0 Å². The molecule has 1 aliphatic rings. The van der Waals surface area contributed by atoms with Gasteiger partial charge in [0.1, 0.15) is 11.9 Å². The molecule has 1 aromatic heterocycles. The van der Waals surface area contributed by atoms with E-state index in [0.717, 1.165) is 25.3 Å². The van der Waals surface area contributed by atoms with E-state index in [2.05, 4.69) is 16.0 Å². The number of piperidine rings is 1. The van der Waals surface area contributed by atoms with Crippen molar-refractivity contribution in [3.8, 4) is 6.07 Å². The van der Waals surface area contributed by atoms with Crippen molar-refractivity contribution in [1.29, 1.82) is 5.26 Å². The molecule has 0 amide bonds. The van der Waals surface area contributed by atoms with Crippen molar-refractivity contribution in [3.05, 3.63) is 23.9 Å². The molecule has 2 N–H and O–H groups in total. The largest absolute Gasteiger partial charge is 0.355 e. The Balaban J connectivity index is 2.20. The Hall–Kier alpha value is -1.60. The van der Waals surface area contributed by atoms with Crippen molar-refractivity contribution in [2.24, 2.45) is 11.7 Å². The van der Waals surface area contributed by atoms with Crippen LogP contribution in [0, 0.1) is 17.2 Å². The van der Waals surface area contributed by atoms with Gasteiger partial charge in [-0.1, -0.05) is 0 Å². The van der Waals surface area contributed by atoms with Gasteiger partial charge in [0.15, 0.2) is 0 Å². The lowest BCUT2D eigenvalue weighted by atomic mass is 9.98. The quantitative estimate of drug-likeness (QED) is 0.804. The first-order chi connectivity index (χ1) is 7.85. The summed E-state index contributed by atoms with van der Waals surface area (Å²) in [6.45, 7) is 2.61. The van der Waals surface area contributed by atoms with Crippen LogP contribution in [0.15, 0.2) is 18.3 Å². The lowest BCUT2D eigenvalue weighted by molar-refractivity contribution is 0.421.